The van der Waals surface area contributed by atoms with Gasteiger partial charge in [0.05, 0.1) is 21.8 Å². The zero-order chi connectivity index (χ0) is 19.5. The van der Waals surface area contributed by atoms with Crippen molar-refractivity contribution < 1.29 is 4.79 Å². The molecule has 2 heterocycles. The molecule has 0 bridgehead atoms. The summed E-state index contributed by atoms with van der Waals surface area (Å²) in [4.78, 5) is 22.1. The average molecular weight is 425 g/mol. The van der Waals surface area contributed by atoms with E-state index in [0.717, 1.165) is 31.4 Å². The summed E-state index contributed by atoms with van der Waals surface area (Å²) in [7, 11) is 1.86. The normalized spacial score (nSPS) is 12.2. The first-order valence-electron chi connectivity index (χ1n) is 9.00. The van der Waals surface area contributed by atoms with E-state index >= 15 is 0 Å². The molecule has 0 N–H and O–H groups in total. The number of thiophene rings is 1. The maximum absolute atomic E-state index is 13.2. The second kappa shape index (κ2) is 8.47. The third-order valence-corrected chi connectivity index (χ3v) is 8.02. The Bertz CT molecular complexity index is 1060. The Morgan fingerprint density at radius 1 is 1.11 bits per heavy atom. The molecule has 0 saturated heterocycles. The standard InChI is InChI=1S/C22H20N2OS3/c1-15(21-23-18-10-4-6-12-20(18)28-21)24(2)22(25)17-9-3-5-11-19(17)27-14-16-8-7-13-26-16/h3-13,15H,14H2,1-2H3/t15-/m1/s1. The van der Waals surface area contributed by atoms with Crippen LogP contribution < -0.4 is 0 Å². The number of para-hydroxylation sites is 1. The van der Waals surface area contributed by atoms with Gasteiger partial charge in [0, 0.05) is 22.6 Å². The summed E-state index contributed by atoms with van der Waals surface area (Å²) in [6.07, 6.45) is 0. The van der Waals surface area contributed by atoms with Crippen LogP contribution in [0.1, 0.15) is 33.2 Å². The minimum Gasteiger partial charge on any atom is -0.332 e. The van der Waals surface area contributed by atoms with Crippen LogP contribution in [0.3, 0.4) is 0 Å². The number of aromatic nitrogens is 1. The number of thiazole rings is 1. The molecule has 0 aliphatic rings. The molecule has 3 nitrogen and oxygen atoms in total. The number of hydrogen-bond donors (Lipinski definition) is 0. The van der Waals surface area contributed by atoms with Gasteiger partial charge in [-0.05, 0) is 42.6 Å². The van der Waals surface area contributed by atoms with Gasteiger partial charge in [-0.15, -0.1) is 34.4 Å². The van der Waals surface area contributed by atoms with Crippen molar-refractivity contribution in [3.05, 3.63) is 81.5 Å². The van der Waals surface area contributed by atoms with Crippen LogP contribution in [-0.4, -0.2) is 22.8 Å². The van der Waals surface area contributed by atoms with Gasteiger partial charge in [-0.1, -0.05) is 30.3 Å². The first kappa shape index (κ1) is 19.2. The van der Waals surface area contributed by atoms with Gasteiger partial charge in [0.1, 0.15) is 5.01 Å². The van der Waals surface area contributed by atoms with Crippen LogP contribution in [-0.2, 0) is 5.75 Å². The van der Waals surface area contributed by atoms with E-state index in [1.807, 2.05) is 56.4 Å². The van der Waals surface area contributed by atoms with Gasteiger partial charge in [0.25, 0.3) is 5.91 Å². The molecular formula is C22H20N2OS3. The van der Waals surface area contributed by atoms with E-state index in [4.69, 9.17) is 4.98 Å². The monoisotopic (exact) mass is 424 g/mol. The molecule has 0 radical (unpaired) electrons. The highest BCUT2D eigenvalue weighted by atomic mass is 32.2. The Morgan fingerprint density at radius 3 is 2.68 bits per heavy atom. The van der Waals surface area contributed by atoms with E-state index in [2.05, 4.69) is 23.6 Å². The van der Waals surface area contributed by atoms with Crippen LogP contribution in [0.25, 0.3) is 10.2 Å². The summed E-state index contributed by atoms with van der Waals surface area (Å²) >= 11 is 5.11. The van der Waals surface area contributed by atoms with Gasteiger partial charge < -0.3 is 4.90 Å². The quantitative estimate of drug-likeness (QED) is 0.332. The number of amides is 1. The minimum absolute atomic E-state index is 0.0287. The second-order valence-corrected chi connectivity index (χ2v) is 9.59. The molecule has 0 fully saturated rings. The summed E-state index contributed by atoms with van der Waals surface area (Å²) in [6, 6.07) is 20.1. The summed E-state index contributed by atoms with van der Waals surface area (Å²) in [6.45, 7) is 2.04. The van der Waals surface area contributed by atoms with Crippen LogP contribution in [0.4, 0.5) is 0 Å². The molecule has 0 saturated carbocycles. The number of thioether (sulfide) groups is 1. The Morgan fingerprint density at radius 2 is 1.89 bits per heavy atom. The van der Waals surface area contributed by atoms with Crippen molar-refractivity contribution in [2.75, 3.05) is 7.05 Å². The summed E-state index contributed by atoms with van der Waals surface area (Å²) in [5.41, 5.74) is 1.74. The average Bonchev–Trinajstić information content (AvgIpc) is 3.40. The van der Waals surface area contributed by atoms with Gasteiger partial charge in [0.2, 0.25) is 0 Å². The molecule has 6 heteroatoms. The lowest BCUT2D eigenvalue weighted by molar-refractivity contribution is 0.0739. The molecule has 1 atom stereocenters. The maximum Gasteiger partial charge on any atom is 0.255 e. The lowest BCUT2D eigenvalue weighted by Gasteiger charge is -2.24. The molecule has 142 valence electrons. The lowest BCUT2D eigenvalue weighted by Crippen LogP contribution is -2.30. The number of carbonyl (C=O) groups is 1. The van der Waals surface area contributed by atoms with Crippen molar-refractivity contribution >= 4 is 50.6 Å². The Balaban J connectivity index is 1.54. The van der Waals surface area contributed by atoms with Gasteiger partial charge >= 0.3 is 0 Å². The van der Waals surface area contributed by atoms with E-state index in [1.54, 1.807) is 39.3 Å². The fraction of sp³-hybridized carbons (Fsp3) is 0.182. The molecule has 0 spiro atoms. The highest BCUT2D eigenvalue weighted by molar-refractivity contribution is 7.98. The minimum atomic E-state index is -0.0831. The zero-order valence-electron chi connectivity index (χ0n) is 15.7. The number of benzene rings is 2. The summed E-state index contributed by atoms with van der Waals surface area (Å²) < 4.78 is 1.15. The third kappa shape index (κ3) is 3.99. The SMILES string of the molecule is C[C@H](c1nc2ccccc2s1)N(C)C(=O)c1ccccc1SCc1cccs1. The van der Waals surface area contributed by atoms with Gasteiger partial charge in [-0.2, -0.15) is 0 Å². The van der Waals surface area contributed by atoms with Crippen LogP contribution in [0.2, 0.25) is 0 Å². The van der Waals surface area contributed by atoms with E-state index in [-0.39, 0.29) is 11.9 Å². The predicted octanol–water partition coefficient (Wildman–Crippen LogP) is 6.48. The van der Waals surface area contributed by atoms with Gasteiger partial charge in [-0.3, -0.25) is 4.79 Å². The summed E-state index contributed by atoms with van der Waals surface area (Å²) in [5, 5.41) is 3.04. The predicted molar refractivity (Wildman–Crippen MR) is 120 cm³/mol. The zero-order valence-corrected chi connectivity index (χ0v) is 18.1. The lowest BCUT2D eigenvalue weighted by atomic mass is 10.2. The fourth-order valence-corrected chi connectivity index (χ4v) is 5.79. The first-order valence-corrected chi connectivity index (χ1v) is 11.7. The molecule has 0 aliphatic heterocycles. The van der Waals surface area contributed by atoms with Crippen molar-refractivity contribution in [2.24, 2.45) is 0 Å². The van der Waals surface area contributed by atoms with E-state index in [9.17, 15) is 4.79 Å². The molecule has 28 heavy (non-hydrogen) atoms. The molecule has 2 aromatic heterocycles. The van der Waals surface area contributed by atoms with Crippen molar-refractivity contribution in [1.29, 1.82) is 0 Å². The Kier molecular flexibility index (Phi) is 5.80. The smallest absolute Gasteiger partial charge is 0.255 e. The highest BCUT2D eigenvalue weighted by Crippen LogP contribution is 2.32. The van der Waals surface area contributed by atoms with Crippen LogP contribution in [0.5, 0.6) is 0 Å². The largest absolute Gasteiger partial charge is 0.332 e. The second-order valence-electron chi connectivity index (χ2n) is 6.48. The first-order chi connectivity index (χ1) is 13.6. The number of fused-ring (bicyclic) bond motifs is 1. The summed E-state index contributed by atoms with van der Waals surface area (Å²) in [5.74, 6) is 0.903. The molecule has 4 rings (SSSR count). The van der Waals surface area contributed by atoms with Crippen LogP contribution in [0.15, 0.2) is 70.9 Å². The van der Waals surface area contributed by atoms with Crippen LogP contribution in [0, 0.1) is 0 Å². The Hall–Kier alpha value is -2.15. The fourth-order valence-electron chi connectivity index (χ4n) is 2.91. The number of rotatable bonds is 6. The number of hydrogen-bond acceptors (Lipinski definition) is 5. The maximum atomic E-state index is 13.2. The third-order valence-electron chi connectivity index (χ3n) is 4.64. The van der Waals surface area contributed by atoms with Crippen LogP contribution >= 0.6 is 34.4 Å². The van der Waals surface area contributed by atoms with E-state index < -0.39 is 0 Å². The number of nitrogens with zero attached hydrogens (tertiary/aromatic N) is 2. The number of carbonyl (C=O) groups excluding carboxylic acids is 1. The van der Waals surface area contributed by atoms with Crippen molar-refractivity contribution in [2.45, 2.75) is 23.6 Å². The van der Waals surface area contributed by atoms with Crippen molar-refractivity contribution in [1.82, 2.24) is 9.88 Å². The van der Waals surface area contributed by atoms with E-state index in [0.29, 0.717) is 0 Å². The molecule has 0 aliphatic carbocycles. The topological polar surface area (TPSA) is 33.2 Å². The van der Waals surface area contributed by atoms with Crippen molar-refractivity contribution in [3.63, 3.8) is 0 Å². The molecular weight excluding hydrogens is 404 g/mol. The Labute approximate surface area is 177 Å². The van der Waals surface area contributed by atoms with Crippen molar-refractivity contribution in [3.8, 4) is 0 Å². The molecule has 4 aromatic rings. The highest BCUT2D eigenvalue weighted by Gasteiger charge is 2.23. The molecule has 2 aromatic carbocycles. The van der Waals surface area contributed by atoms with Gasteiger partial charge in [-0.25, -0.2) is 4.98 Å². The molecule has 0 unspecified atom stereocenters. The molecule has 1 amide bonds. The van der Waals surface area contributed by atoms with Gasteiger partial charge in [0.15, 0.2) is 0 Å². The van der Waals surface area contributed by atoms with E-state index in [1.165, 1.54) is 4.88 Å².